The van der Waals surface area contributed by atoms with Gasteiger partial charge in [-0.1, -0.05) is 13.8 Å². The van der Waals surface area contributed by atoms with Gasteiger partial charge in [0, 0.05) is 25.2 Å². The quantitative estimate of drug-likeness (QED) is 0.257. The highest BCUT2D eigenvalue weighted by Crippen LogP contribution is 2.26. The van der Waals surface area contributed by atoms with Crippen LogP contribution in [0.15, 0.2) is 18.2 Å². The number of hydrogen-bond acceptors (Lipinski definition) is 6. The number of benzene rings is 1. The number of carboxylic acids is 1. The Bertz CT molecular complexity index is 837. The smallest absolute Gasteiger partial charge is 0.326 e. The summed E-state index contributed by atoms with van der Waals surface area (Å²) in [6.45, 7) is 3.42. The maximum absolute atomic E-state index is 12.3. The molecule has 1 aliphatic heterocycles. The number of carboxylic acid groups (broad SMARTS) is 1. The minimum atomic E-state index is -1.15. The summed E-state index contributed by atoms with van der Waals surface area (Å²) in [5, 5.41) is 24.7. The lowest BCUT2D eigenvalue weighted by molar-refractivity contribution is -0.384. The fraction of sp³-hybridized carbons (Fsp3) is 0.412. The third-order valence-electron chi connectivity index (χ3n) is 4.23. The van der Waals surface area contributed by atoms with Gasteiger partial charge in [-0.2, -0.15) is 0 Å². The van der Waals surface area contributed by atoms with Crippen LogP contribution in [0, 0.1) is 16.0 Å². The maximum atomic E-state index is 12.3. The Kier molecular flexibility index (Phi) is 6.29. The van der Waals surface area contributed by atoms with Crippen LogP contribution in [0.25, 0.3) is 0 Å². The molecule has 0 bridgehead atoms. The predicted octanol–water partition coefficient (Wildman–Crippen LogP) is 0.989. The second kappa shape index (κ2) is 8.46. The van der Waals surface area contributed by atoms with Gasteiger partial charge >= 0.3 is 12.0 Å². The number of nitro benzene ring substituents is 1. The molecule has 150 valence electrons. The summed E-state index contributed by atoms with van der Waals surface area (Å²) in [5.74, 6) is -2.63. The van der Waals surface area contributed by atoms with Crippen LogP contribution < -0.4 is 10.6 Å². The minimum Gasteiger partial charge on any atom is -0.480 e. The van der Waals surface area contributed by atoms with Crippen molar-refractivity contribution in [3.05, 3.63) is 39.4 Å². The van der Waals surface area contributed by atoms with Crippen LogP contribution in [0.4, 0.5) is 10.5 Å². The van der Waals surface area contributed by atoms with Crippen LogP contribution in [0.3, 0.4) is 0 Å². The number of fused-ring (bicyclic) bond motifs is 1. The predicted molar refractivity (Wildman–Crippen MR) is 95.9 cm³/mol. The molecule has 0 aromatic heterocycles. The monoisotopic (exact) mass is 392 g/mol. The van der Waals surface area contributed by atoms with Gasteiger partial charge in [0.2, 0.25) is 0 Å². The highest BCUT2D eigenvalue weighted by atomic mass is 16.6. The van der Waals surface area contributed by atoms with Gasteiger partial charge < -0.3 is 15.7 Å². The number of hydrogen-bond donors (Lipinski definition) is 3. The summed E-state index contributed by atoms with van der Waals surface area (Å²) in [5.41, 5.74) is -0.202. The number of imide groups is 1. The molecule has 2 rings (SSSR count). The number of nitrogens with zero attached hydrogens (tertiary/aromatic N) is 2. The molecule has 0 fully saturated rings. The molecule has 11 heteroatoms. The fourth-order valence-electron chi connectivity index (χ4n) is 2.74. The van der Waals surface area contributed by atoms with E-state index in [0.29, 0.717) is 0 Å². The lowest BCUT2D eigenvalue weighted by atomic mass is 10.1. The molecule has 28 heavy (non-hydrogen) atoms. The van der Waals surface area contributed by atoms with Crippen molar-refractivity contribution < 1.29 is 29.2 Å². The maximum Gasteiger partial charge on any atom is 0.326 e. The van der Waals surface area contributed by atoms with Gasteiger partial charge in [0.1, 0.15) is 6.04 Å². The van der Waals surface area contributed by atoms with E-state index in [2.05, 4.69) is 10.6 Å². The Morgan fingerprint density at radius 2 is 1.86 bits per heavy atom. The summed E-state index contributed by atoms with van der Waals surface area (Å²) < 4.78 is 0. The first-order valence-electron chi connectivity index (χ1n) is 8.55. The normalized spacial score (nSPS) is 14.0. The molecule has 0 spiro atoms. The number of rotatable bonds is 8. The summed E-state index contributed by atoms with van der Waals surface area (Å²) >= 11 is 0. The van der Waals surface area contributed by atoms with E-state index < -0.39 is 34.8 Å². The Morgan fingerprint density at radius 3 is 2.43 bits per heavy atom. The molecule has 1 atom stereocenters. The lowest BCUT2D eigenvalue weighted by Crippen LogP contribution is -2.49. The third kappa shape index (κ3) is 4.42. The first-order valence-corrected chi connectivity index (χ1v) is 8.55. The number of nitro groups is 1. The molecule has 1 heterocycles. The van der Waals surface area contributed by atoms with Crippen LogP contribution in [0.5, 0.6) is 0 Å². The van der Waals surface area contributed by atoms with Gasteiger partial charge in [-0.3, -0.25) is 24.6 Å². The summed E-state index contributed by atoms with van der Waals surface area (Å²) in [4.78, 5) is 58.6. The molecule has 4 amide bonds. The van der Waals surface area contributed by atoms with E-state index in [1.54, 1.807) is 13.8 Å². The first kappa shape index (κ1) is 20.8. The van der Waals surface area contributed by atoms with Crippen molar-refractivity contribution in [2.75, 3.05) is 13.1 Å². The van der Waals surface area contributed by atoms with Crippen molar-refractivity contribution in [1.82, 2.24) is 15.5 Å². The van der Waals surface area contributed by atoms with Crippen LogP contribution in [-0.4, -0.2) is 57.9 Å². The molecule has 0 aliphatic carbocycles. The molecule has 1 aliphatic rings. The topological polar surface area (TPSA) is 159 Å². The van der Waals surface area contributed by atoms with Crippen molar-refractivity contribution in [2.45, 2.75) is 26.3 Å². The van der Waals surface area contributed by atoms with Gasteiger partial charge in [-0.15, -0.1) is 0 Å². The number of amides is 4. The van der Waals surface area contributed by atoms with Crippen LogP contribution in [-0.2, 0) is 4.79 Å². The fourth-order valence-corrected chi connectivity index (χ4v) is 2.74. The van der Waals surface area contributed by atoms with Gasteiger partial charge in [-0.25, -0.2) is 9.59 Å². The first-order chi connectivity index (χ1) is 13.1. The summed E-state index contributed by atoms with van der Waals surface area (Å²) in [6, 6.07) is 1.77. The van der Waals surface area contributed by atoms with Crippen molar-refractivity contribution in [1.29, 1.82) is 0 Å². The number of carbonyl (C=O) groups is 4. The molecule has 0 saturated heterocycles. The zero-order valence-corrected chi connectivity index (χ0v) is 15.3. The molecule has 11 nitrogen and oxygen atoms in total. The summed E-state index contributed by atoms with van der Waals surface area (Å²) in [6.07, 6.45) is 0.237. The van der Waals surface area contributed by atoms with Crippen LogP contribution >= 0.6 is 0 Å². The van der Waals surface area contributed by atoms with Gasteiger partial charge in [0.25, 0.3) is 17.5 Å². The Labute approximate surface area is 159 Å². The van der Waals surface area contributed by atoms with E-state index >= 15 is 0 Å². The lowest BCUT2D eigenvalue weighted by Gasteiger charge is -2.18. The van der Waals surface area contributed by atoms with Crippen molar-refractivity contribution >= 4 is 29.5 Å². The van der Waals surface area contributed by atoms with E-state index in [9.17, 15) is 29.3 Å². The molecular weight excluding hydrogens is 372 g/mol. The molecule has 1 aromatic carbocycles. The third-order valence-corrected chi connectivity index (χ3v) is 4.23. The zero-order valence-electron chi connectivity index (χ0n) is 15.3. The number of aliphatic carboxylic acids is 1. The van der Waals surface area contributed by atoms with Gasteiger partial charge in [0.05, 0.1) is 16.1 Å². The molecule has 0 saturated carbocycles. The standard InChI is InChI=1S/C17H20N4O7/c1-9(2)13(16(24)25)19-17(26)18-6-3-7-20-14(22)11-5-4-10(21(27)28)8-12(11)15(20)23/h4-5,8-9,13H,3,6-7H2,1-2H3,(H,24,25)(H2,18,19,26). The highest BCUT2D eigenvalue weighted by molar-refractivity contribution is 6.21. The molecule has 3 N–H and O–H groups in total. The van der Waals surface area contributed by atoms with E-state index in [1.165, 1.54) is 6.07 Å². The van der Waals surface area contributed by atoms with E-state index in [0.717, 1.165) is 17.0 Å². The second-order valence-electron chi connectivity index (χ2n) is 6.56. The van der Waals surface area contributed by atoms with Crippen LogP contribution in [0.1, 0.15) is 41.0 Å². The number of non-ortho nitro benzene ring substituents is 1. The highest BCUT2D eigenvalue weighted by Gasteiger charge is 2.36. The van der Waals surface area contributed by atoms with Gasteiger partial charge in [-0.05, 0) is 18.4 Å². The number of nitrogens with one attached hydrogen (secondary N) is 2. The molecule has 1 unspecified atom stereocenters. The average molecular weight is 392 g/mol. The molecular formula is C17H20N4O7. The minimum absolute atomic E-state index is 0.00691. The Hall–Kier alpha value is -3.50. The largest absolute Gasteiger partial charge is 0.480 e. The molecule has 1 aromatic rings. The van der Waals surface area contributed by atoms with Crippen LogP contribution in [0.2, 0.25) is 0 Å². The Morgan fingerprint density at radius 1 is 1.21 bits per heavy atom. The van der Waals surface area contributed by atoms with Crippen molar-refractivity contribution in [3.63, 3.8) is 0 Å². The summed E-state index contributed by atoms with van der Waals surface area (Å²) in [7, 11) is 0. The van der Waals surface area contributed by atoms with E-state index in [4.69, 9.17) is 5.11 Å². The number of urea groups is 1. The van der Waals surface area contributed by atoms with Crippen molar-refractivity contribution in [3.8, 4) is 0 Å². The van der Waals surface area contributed by atoms with E-state index in [-0.39, 0.29) is 42.2 Å². The number of carbonyl (C=O) groups excluding carboxylic acids is 3. The zero-order chi connectivity index (χ0) is 21.0. The van der Waals surface area contributed by atoms with Gasteiger partial charge in [0.15, 0.2) is 0 Å². The second-order valence-corrected chi connectivity index (χ2v) is 6.56. The van der Waals surface area contributed by atoms with E-state index in [1.807, 2.05) is 0 Å². The average Bonchev–Trinajstić information content (AvgIpc) is 2.86. The molecule has 0 radical (unpaired) electrons. The van der Waals surface area contributed by atoms with Crippen molar-refractivity contribution in [2.24, 2.45) is 5.92 Å². The Balaban J connectivity index is 1.88. The SMILES string of the molecule is CC(C)C(NC(=O)NCCCN1C(=O)c2ccc([N+](=O)[O-])cc2C1=O)C(=O)O.